The molecule has 18 heavy (non-hydrogen) atoms. The predicted octanol–water partition coefficient (Wildman–Crippen LogP) is 1.67. The molecule has 0 aromatic heterocycles. The molecule has 1 atom stereocenters. The van der Waals surface area contributed by atoms with E-state index in [4.69, 9.17) is 14.6 Å². The van der Waals surface area contributed by atoms with E-state index in [1.165, 1.54) is 12.8 Å². The Hall–Kier alpha value is -0.650. The first-order valence-corrected chi connectivity index (χ1v) is 6.86. The number of carboxylic acids is 1. The van der Waals surface area contributed by atoms with Crippen LogP contribution in [0.2, 0.25) is 0 Å². The number of methoxy groups -OCH3 is 1. The van der Waals surface area contributed by atoms with E-state index in [9.17, 15) is 4.79 Å². The lowest BCUT2D eigenvalue weighted by Gasteiger charge is -2.33. The van der Waals surface area contributed by atoms with Crippen LogP contribution in [0.3, 0.4) is 0 Å². The van der Waals surface area contributed by atoms with Gasteiger partial charge >= 0.3 is 5.97 Å². The molecule has 1 aliphatic heterocycles. The summed E-state index contributed by atoms with van der Waals surface area (Å²) in [5, 5.41) is 8.95. The van der Waals surface area contributed by atoms with Crippen molar-refractivity contribution < 1.29 is 19.4 Å². The van der Waals surface area contributed by atoms with E-state index in [1.807, 2.05) is 0 Å². The van der Waals surface area contributed by atoms with E-state index in [-0.39, 0.29) is 18.4 Å². The Labute approximate surface area is 108 Å². The molecular formula is C13H23NO4. The standard InChI is InChI=1S/C13H23NO4/c1-17-13(14-8-2-3-9-14)18-11-6-4-10(5-7-11)12(15)16/h10-11,13H,2-9H2,1H3,(H,15,16). The molecule has 5 nitrogen and oxygen atoms in total. The lowest BCUT2D eigenvalue weighted by Crippen LogP contribution is -2.40. The first-order valence-electron chi connectivity index (χ1n) is 6.86. The minimum atomic E-state index is -0.670. The normalized spacial score (nSPS) is 31.4. The Kier molecular flexibility index (Phi) is 4.97. The second kappa shape index (κ2) is 6.50. The largest absolute Gasteiger partial charge is 0.481 e. The van der Waals surface area contributed by atoms with Gasteiger partial charge in [0.25, 0.3) is 0 Å². The molecule has 1 unspecified atom stereocenters. The summed E-state index contributed by atoms with van der Waals surface area (Å²) < 4.78 is 11.4. The summed E-state index contributed by atoms with van der Waals surface area (Å²) in [6.07, 6.45) is 5.39. The number of likely N-dealkylation sites (tertiary alicyclic amines) is 1. The van der Waals surface area contributed by atoms with Crippen molar-refractivity contribution in [2.24, 2.45) is 5.92 Å². The Bertz CT molecular complexity index is 270. The van der Waals surface area contributed by atoms with Crippen molar-refractivity contribution in [3.8, 4) is 0 Å². The van der Waals surface area contributed by atoms with Gasteiger partial charge in [-0.15, -0.1) is 0 Å². The maximum Gasteiger partial charge on any atom is 0.306 e. The topological polar surface area (TPSA) is 59.0 Å². The minimum Gasteiger partial charge on any atom is -0.481 e. The highest BCUT2D eigenvalue weighted by Gasteiger charge is 2.30. The van der Waals surface area contributed by atoms with E-state index in [1.54, 1.807) is 7.11 Å². The molecule has 1 heterocycles. The minimum absolute atomic E-state index is 0.145. The van der Waals surface area contributed by atoms with Gasteiger partial charge in [0.15, 0.2) is 0 Å². The van der Waals surface area contributed by atoms with Crippen LogP contribution in [-0.2, 0) is 14.3 Å². The van der Waals surface area contributed by atoms with E-state index in [2.05, 4.69) is 4.90 Å². The van der Waals surface area contributed by atoms with Gasteiger partial charge in [-0.3, -0.25) is 9.69 Å². The number of rotatable bonds is 5. The van der Waals surface area contributed by atoms with Crippen molar-refractivity contribution >= 4 is 5.97 Å². The summed E-state index contributed by atoms with van der Waals surface area (Å²) in [5.74, 6) is -0.853. The van der Waals surface area contributed by atoms with Crippen LogP contribution in [0.25, 0.3) is 0 Å². The maximum atomic E-state index is 10.9. The zero-order valence-corrected chi connectivity index (χ0v) is 11.0. The molecular weight excluding hydrogens is 234 g/mol. The van der Waals surface area contributed by atoms with Crippen molar-refractivity contribution in [2.45, 2.75) is 51.0 Å². The average Bonchev–Trinajstić information content (AvgIpc) is 2.90. The fraction of sp³-hybridized carbons (Fsp3) is 0.923. The summed E-state index contributed by atoms with van der Waals surface area (Å²) in [6.45, 7) is 2.06. The van der Waals surface area contributed by atoms with Gasteiger partial charge in [-0.1, -0.05) is 0 Å². The van der Waals surface area contributed by atoms with Gasteiger partial charge in [0, 0.05) is 20.2 Å². The van der Waals surface area contributed by atoms with Crippen LogP contribution in [0.1, 0.15) is 38.5 Å². The second-order valence-electron chi connectivity index (χ2n) is 5.23. The molecule has 0 aromatic rings. The molecule has 5 heteroatoms. The summed E-state index contributed by atoms with van der Waals surface area (Å²) >= 11 is 0. The molecule has 1 aliphatic carbocycles. The van der Waals surface area contributed by atoms with E-state index < -0.39 is 5.97 Å². The Morgan fingerprint density at radius 2 is 1.83 bits per heavy atom. The molecule has 104 valence electrons. The monoisotopic (exact) mass is 257 g/mol. The molecule has 1 N–H and O–H groups in total. The predicted molar refractivity (Wildman–Crippen MR) is 66.1 cm³/mol. The smallest absolute Gasteiger partial charge is 0.306 e. The molecule has 1 saturated carbocycles. The quantitative estimate of drug-likeness (QED) is 0.759. The first-order chi connectivity index (χ1) is 8.70. The van der Waals surface area contributed by atoms with Crippen LogP contribution in [0.4, 0.5) is 0 Å². The molecule has 1 saturated heterocycles. The van der Waals surface area contributed by atoms with Gasteiger partial charge < -0.3 is 14.6 Å². The Balaban J connectivity index is 1.77. The zero-order chi connectivity index (χ0) is 13.0. The highest BCUT2D eigenvalue weighted by molar-refractivity contribution is 5.70. The number of hydrogen-bond donors (Lipinski definition) is 1. The summed E-state index contributed by atoms with van der Waals surface area (Å²) in [4.78, 5) is 13.1. The molecule has 0 radical (unpaired) electrons. The van der Waals surface area contributed by atoms with Crippen LogP contribution < -0.4 is 0 Å². The van der Waals surface area contributed by atoms with Crippen molar-refractivity contribution in [1.82, 2.24) is 4.90 Å². The van der Waals surface area contributed by atoms with Gasteiger partial charge in [-0.25, -0.2) is 0 Å². The van der Waals surface area contributed by atoms with Gasteiger partial charge in [-0.2, -0.15) is 0 Å². The Morgan fingerprint density at radius 3 is 2.33 bits per heavy atom. The zero-order valence-electron chi connectivity index (χ0n) is 11.0. The number of ether oxygens (including phenoxy) is 2. The third kappa shape index (κ3) is 3.43. The number of aliphatic carboxylic acids is 1. The summed E-state index contributed by atoms with van der Waals surface area (Å²) in [5.41, 5.74) is 0. The van der Waals surface area contributed by atoms with Crippen LogP contribution in [0.5, 0.6) is 0 Å². The molecule has 2 aliphatic rings. The first kappa shape index (κ1) is 13.8. The van der Waals surface area contributed by atoms with Crippen molar-refractivity contribution in [3.05, 3.63) is 0 Å². The van der Waals surface area contributed by atoms with Crippen molar-refractivity contribution in [3.63, 3.8) is 0 Å². The SMILES string of the molecule is COC(OC1CCC(C(=O)O)CC1)N1CCCC1. The number of nitrogens with zero attached hydrogens (tertiary/aromatic N) is 1. The van der Waals surface area contributed by atoms with E-state index >= 15 is 0 Å². The Morgan fingerprint density at radius 1 is 1.22 bits per heavy atom. The highest BCUT2D eigenvalue weighted by atomic mass is 16.7. The fourth-order valence-electron chi connectivity index (χ4n) is 2.85. The summed E-state index contributed by atoms with van der Waals surface area (Å²) in [7, 11) is 1.67. The molecule has 0 amide bonds. The van der Waals surface area contributed by atoms with Crippen molar-refractivity contribution in [1.29, 1.82) is 0 Å². The van der Waals surface area contributed by atoms with E-state index in [0.29, 0.717) is 0 Å². The summed E-state index contributed by atoms with van der Waals surface area (Å²) in [6, 6.07) is 0. The maximum absolute atomic E-state index is 10.9. The number of carbonyl (C=O) groups is 1. The van der Waals surface area contributed by atoms with Gasteiger partial charge in [0.2, 0.25) is 6.41 Å². The molecule has 0 bridgehead atoms. The molecule has 2 fully saturated rings. The van der Waals surface area contributed by atoms with Gasteiger partial charge in [0.05, 0.1) is 12.0 Å². The average molecular weight is 257 g/mol. The van der Waals surface area contributed by atoms with Crippen LogP contribution >= 0.6 is 0 Å². The third-order valence-electron chi connectivity index (χ3n) is 3.97. The van der Waals surface area contributed by atoms with Crippen LogP contribution in [-0.4, -0.2) is 48.7 Å². The highest BCUT2D eigenvalue weighted by Crippen LogP contribution is 2.28. The van der Waals surface area contributed by atoms with Crippen LogP contribution in [0.15, 0.2) is 0 Å². The van der Waals surface area contributed by atoms with Crippen LogP contribution in [0, 0.1) is 5.92 Å². The number of carboxylic acid groups (broad SMARTS) is 1. The van der Waals surface area contributed by atoms with Crippen molar-refractivity contribution in [2.75, 3.05) is 20.2 Å². The number of hydrogen-bond acceptors (Lipinski definition) is 4. The molecule has 0 aromatic carbocycles. The second-order valence-corrected chi connectivity index (χ2v) is 5.23. The lowest BCUT2D eigenvalue weighted by molar-refractivity contribution is -0.233. The van der Waals surface area contributed by atoms with Gasteiger partial charge in [-0.05, 0) is 38.5 Å². The van der Waals surface area contributed by atoms with Gasteiger partial charge in [0.1, 0.15) is 0 Å². The third-order valence-corrected chi connectivity index (χ3v) is 3.97. The molecule has 0 spiro atoms. The lowest BCUT2D eigenvalue weighted by atomic mass is 9.87. The van der Waals surface area contributed by atoms with E-state index in [0.717, 1.165) is 38.8 Å². The fourth-order valence-corrected chi connectivity index (χ4v) is 2.85. The molecule has 2 rings (SSSR count).